The van der Waals surface area contributed by atoms with Gasteiger partial charge in [0, 0.05) is 9.77 Å². The Balaban J connectivity index is 2.38. The molecular formula is C13H8Cl2IN3O2S. The molecule has 0 amide bonds. The first-order valence-electron chi connectivity index (χ1n) is 6.03. The van der Waals surface area contributed by atoms with Gasteiger partial charge in [0.1, 0.15) is 5.15 Å². The second-order valence-electron chi connectivity index (χ2n) is 4.53. The van der Waals surface area contributed by atoms with Gasteiger partial charge in [-0.05, 0) is 52.7 Å². The molecule has 0 bridgehead atoms. The quantitative estimate of drug-likeness (QED) is 0.326. The van der Waals surface area contributed by atoms with Crippen molar-refractivity contribution in [2.75, 3.05) is 0 Å². The van der Waals surface area contributed by atoms with E-state index in [0.29, 0.717) is 14.5 Å². The van der Waals surface area contributed by atoms with E-state index in [-0.39, 0.29) is 21.0 Å². The molecule has 22 heavy (non-hydrogen) atoms. The number of fused-ring (bicyclic) bond motifs is 1. The summed E-state index contributed by atoms with van der Waals surface area (Å²) in [6.07, 6.45) is 1.46. The molecule has 0 aliphatic rings. The largest absolute Gasteiger partial charge is 0.269 e. The van der Waals surface area contributed by atoms with E-state index in [9.17, 15) is 8.42 Å². The Labute approximate surface area is 150 Å². The minimum absolute atomic E-state index is 0.103. The van der Waals surface area contributed by atoms with E-state index in [1.807, 2.05) is 22.6 Å². The van der Waals surface area contributed by atoms with E-state index in [1.165, 1.54) is 6.20 Å². The van der Waals surface area contributed by atoms with E-state index in [1.54, 1.807) is 31.2 Å². The molecule has 2 aromatic heterocycles. The Morgan fingerprint density at radius 1 is 1.18 bits per heavy atom. The molecule has 0 aliphatic heterocycles. The van der Waals surface area contributed by atoms with Crippen LogP contribution in [-0.2, 0) is 10.0 Å². The summed E-state index contributed by atoms with van der Waals surface area (Å²) in [5.74, 6) is 0. The number of nitrogens with zero attached hydrogens (tertiary/aromatic N) is 3. The van der Waals surface area contributed by atoms with E-state index in [4.69, 9.17) is 23.2 Å². The molecule has 2 heterocycles. The zero-order chi connectivity index (χ0) is 16.1. The summed E-state index contributed by atoms with van der Waals surface area (Å²) in [5, 5.41) is 0.482. The Hall–Kier alpha value is -0.900. The lowest BCUT2D eigenvalue weighted by Crippen LogP contribution is -2.14. The molecule has 1 aromatic carbocycles. The van der Waals surface area contributed by atoms with Crippen LogP contribution in [0, 0.1) is 10.5 Å². The van der Waals surface area contributed by atoms with Crippen LogP contribution < -0.4 is 0 Å². The molecule has 3 aromatic rings. The fraction of sp³-hybridized carbons (Fsp3) is 0.0769. The summed E-state index contributed by atoms with van der Waals surface area (Å²) in [4.78, 5) is 8.09. The topological polar surface area (TPSA) is 64.8 Å². The van der Waals surface area contributed by atoms with E-state index in [0.717, 1.165) is 3.97 Å². The van der Waals surface area contributed by atoms with Gasteiger partial charge in [0.05, 0.1) is 10.3 Å². The summed E-state index contributed by atoms with van der Waals surface area (Å²) in [7, 11) is -3.80. The highest BCUT2D eigenvalue weighted by Gasteiger charge is 2.25. The third kappa shape index (κ3) is 2.49. The zero-order valence-electron chi connectivity index (χ0n) is 11.1. The molecule has 9 heteroatoms. The van der Waals surface area contributed by atoms with Crippen LogP contribution in [0.2, 0.25) is 10.4 Å². The molecule has 0 saturated carbocycles. The molecule has 0 fully saturated rings. The first-order valence-corrected chi connectivity index (χ1v) is 9.30. The van der Waals surface area contributed by atoms with Crippen molar-refractivity contribution in [2.45, 2.75) is 11.8 Å². The molecule has 5 nitrogen and oxygen atoms in total. The average molecular weight is 468 g/mol. The lowest BCUT2D eigenvalue weighted by atomic mass is 10.2. The monoisotopic (exact) mass is 467 g/mol. The van der Waals surface area contributed by atoms with Crippen molar-refractivity contribution in [1.29, 1.82) is 0 Å². The standard InChI is InChI=1S/C13H8Cl2IN3O2S/c1-7-4-2-3-5-9(7)22(20,21)19-6-8(16)10-11(14)17-13(15)18-12(10)19/h2-6H,1H3. The molecule has 0 saturated heterocycles. The number of benzene rings is 1. The van der Waals surface area contributed by atoms with Crippen molar-refractivity contribution in [1.82, 2.24) is 13.9 Å². The van der Waals surface area contributed by atoms with Crippen molar-refractivity contribution >= 4 is 66.8 Å². The summed E-state index contributed by atoms with van der Waals surface area (Å²) >= 11 is 13.9. The Bertz CT molecular complexity index is 1000. The van der Waals surface area contributed by atoms with E-state index < -0.39 is 10.0 Å². The fourth-order valence-corrected chi connectivity index (χ4v) is 5.27. The number of aryl methyl sites for hydroxylation is 1. The van der Waals surface area contributed by atoms with Gasteiger partial charge >= 0.3 is 0 Å². The minimum atomic E-state index is -3.80. The van der Waals surface area contributed by atoms with Gasteiger partial charge in [-0.15, -0.1) is 0 Å². The maximum absolute atomic E-state index is 12.9. The number of rotatable bonds is 2. The van der Waals surface area contributed by atoms with E-state index >= 15 is 0 Å². The summed E-state index contributed by atoms with van der Waals surface area (Å²) < 4.78 is 27.6. The Morgan fingerprint density at radius 2 is 1.86 bits per heavy atom. The Kier molecular flexibility index (Phi) is 4.09. The summed E-state index contributed by atoms with van der Waals surface area (Å²) in [5.41, 5.74) is 0.809. The van der Waals surface area contributed by atoms with Gasteiger partial charge in [-0.25, -0.2) is 17.4 Å². The van der Waals surface area contributed by atoms with Crippen LogP contribution in [0.3, 0.4) is 0 Å². The predicted octanol–water partition coefficient (Wildman–Crippen LogP) is 3.89. The van der Waals surface area contributed by atoms with Crippen molar-refractivity contribution in [3.05, 3.63) is 50.0 Å². The molecular weight excluding hydrogens is 460 g/mol. The van der Waals surface area contributed by atoms with Crippen LogP contribution in [0.4, 0.5) is 0 Å². The average Bonchev–Trinajstić information content (AvgIpc) is 2.77. The lowest BCUT2D eigenvalue weighted by molar-refractivity contribution is 0.588. The lowest BCUT2D eigenvalue weighted by Gasteiger charge is -2.09. The second-order valence-corrected chi connectivity index (χ2v) is 8.17. The Morgan fingerprint density at radius 3 is 2.55 bits per heavy atom. The molecule has 0 unspecified atom stereocenters. The molecule has 114 valence electrons. The number of hydrogen-bond donors (Lipinski definition) is 0. The minimum Gasteiger partial charge on any atom is -0.223 e. The van der Waals surface area contributed by atoms with Crippen LogP contribution in [0.5, 0.6) is 0 Å². The normalized spacial score (nSPS) is 12.0. The smallest absolute Gasteiger partial charge is 0.223 e. The maximum atomic E-state index is 12.9. The van der Waals surface area contributed by atoms with Gasteiger partial charge in [0.25, 0.3) is 10.0 Å². The van der Waals surface area contributed by atoms with Crippen molar-refractivity contribution < 1.29 is 8.42 Å². The molecule has 3 rings (SSSR count). The van der Waals surface area contributed by atoms with Crippen LogP contribution in [0.1, 0.15) is 5.56 Å². The number of aromatic nitrogens is 3. The molecule has 0 spiro atoms. The van der Waals surface area contributed by atoms with Gasteiger partial charge < -0.3 is 0 Å². The SMILES string of the molecule is Cc1ccccc1S(=O)(=O)n1cc(I)c2c(Cl)nc(Cl)nc21. The van der Waals surface area contributed by atoms with Gasteiger partial charge in [0.15, 0.2) is 5.65 Å². The van der Waals surface area contributed by atoms with Crippen molar-refractivity contribution in [2.24, 2.45) is 0 Å². The van der Waals surface area contributed by atoms with Crippen LogP contribution >= 0.6 is 45.8 Å². The fourth-order valence-electron chi connectivity index (χ4n) is 2.13. The third-order valence-electron chi connectivity index (χ3n) is 3.13. The maximum Gasteiger partial charge on any atom is 0.269 e. The number of halogens is 3. The molecule has 0 N–H and O–H groups in total. The highest BCUT2D eigenvalue weighted by atomic mass is 127. The van der Waals surface area contributed by atoms with Crippen molar-refractivity contribution in [3.8, 4) is 0 Å². The van der Waals surface area contributed by atoms with Crippen LogP contribution in [0.15, 0.2) is 35.4 Å². The first kappa shape index (κ1) is 16.0. The van der Waals surface area contributed by atoms with E-state index in [2.05, 4.69) is 9.97 Å². The predicted molar refractivity (Wildman–Crippen MR) is 94.0 cm³/mol. The first-order chi connectivity index (χ1) is 10.3. The molecule has 0 aliphatic carbocycles. The van der Waals surface area contributed by atoms with Gasteiger partial charge in [-0.1, -0.05) is 29.8 Å². The third-order valence-corrected chi connectivity index (χ3v) is 6.20. The van der Waals surface area contributed by atoms with Gasteiger partial charge in [-0.3, -0.25) is 0 Å². The number of hydrogen-bond acceptors (Lipinski definition) is 4. The highest BCUT2D eigenvalue weighted by Crippen LogP contribution is 2.31. The second kappa shape index (κ2) is 5.63. The van der Waals surface area contributed by atoms with Gasteiger partial charge in [-0.2, -0.15) is 4.98 Å². The van der Waals surface area contributed by atoms with Crippen LogP contribution in [0.25, 0.3) is 11.0 Å². The zero-order valence-corrected chi connectivity index (χ0v) is 15.6. The highest BCUT2D eigenvalue weighted by molar-refractivity contribution is 14.1. The summed E-state index contributed by atoms with van der Waals surface area (Å²) in [6.45, 7) is 1.73. The van der Waals surface area contributed by atoms with Crippen LogP contribution in [-0.4, -0.2) is 22.4 Å². The molecule has 0 radical (unpaired) electrons. The van der Waals surface area contributed by atoms with Gasteiger partial charge in [0.2, 0.25) is 5.28 Å². The van der Waals surface area contributed by atoms with Crippen molar-refractivity contribution in [3.63, 3.8) is 0 Å². The molecule has 0 atom stereocenters. The summed E-state index contributed by atoms with van der Waals surface area (Å²) in [6, 6.07) is 6.74.